The van der Waals surface area contributed by atoms with Gasteiger partial charge in [0.05, 0.1) is 17.2 Å². The Morgan fingerprint density at radius 3 is 2.50 bits per heavy atom. The van der Waals surface area contributed by atoms with E-state index in [0.717, 1.165) is 17.8 Å². The van der Waals surface area contributed by atoms with E-state index in [1.54, 1.807) is 0 Å². The van der Waals surface area contributed by atoms with Gasteiger partial charge in [0.15, 0.2) is 0 Å². The molecule has 1 aromatic heterocycles. The first-order chi connectivity index (χ1) is 6.09. The van der Waals surface area contributed by atoms with Crippen molar-refractivity contribution in [3.63, 3.8) is 0 Å². The molecule has 2 nitrogen and oxygen atoms in total. The molecule has 0 saturated heterocycles. The molecule has 8 heteroatoms. The van der Waals surface area contributed by atoms with Crippen molar-refractivity contribution in [2.24, 2.45) is 0 Å². The molecule has 0 saturated carbocycles. The zero-order valence-electron chi connectivity index (χ0n) is 7.25. The summed E-state index contributed by atoms with van der Waals surface area (Å²) in [5.74, 6) is 0. The van der Waals surface area contributed by atoms with E-state index in [-0.39, 0.29) is 56.9 Å². The quantitative estimate of drug-likeness (QED) is 0.584. The normalized spacial score (nSPS) is 11.4. The van der Waals surface area contributed by atoms with E-state index in [1.165, 1.54) is 12.1 Å². The molecule has 0 N–H and O–H groups in total. The largest absolute Gasteiger partial charge is 1.00 e. The number of halogens is 3. The van der Waals surface area contributed by atoms with Crippen LogP contribution in [-0.4, -0.2) is 15.7 Å². The Bertz CT molecular complexity index is 444. The molecule has 14 heavy (non-hydrogen) atoms. The summed E-state index contributed by atoms with van der Waals surface area (Å²) in [6.45, 7) is -4.98. The third-order valence-electron chi connectivity index (χ3n) is 1.67. The standard InChI is InChI=1S/C6H3BF3N2S.K/c8-7(9,10)4-2-1-3-5-6(4)12-13-11-5;/h1-3H;/q-1;+1. The first kappa shape index (κ1) is 12.6. The summed E-state index contributed by atoms with van der Waals surface area (Å²) in [5.41, 5.74) is -0.395. The number of benzene rings is 1. The van der Waals surface area contributed by atoms with Gasteiger partial charge in [-0.1, -0.05) is 17.6 Å². The topological polar surface area (TPSA) is 25.8 Å². The Labute approximate surface area is 125 Å². The third kappa shape index (κ3) is 2.37. The molecule has 0 fully saturated rings. The van der Waals surface area contributed by atoms with E-state index in [4.69, 9.17) is 0 Å². The smallest absolute Gasteiger partial charge is 0.445 e. The summed E-state index contributed by atoms with van der Waals surface area (Å²) in [7, 11) is 0. The molecule has 68 valence electrons. The summed E-state index contributed by atoms with van der Waals surface area (Å²) in [6.07, 6.45) is 0. The van der Waals surface area contributed by atoms with Crippen molar-refractivity contribution < 1.29 is 64.3 Å². The zero-order valence-corrected chi connectivity index (χ0v) is 11.2. The number of rotatable bonds is 1. The fourth-order valence-corrected chi connectivity index (χ4v) is 1.65. The number of fused-ring (bicyclic) bond motifs is 1. The van der Waals surface area contributed by atoms with Gasteiger partial charge in [-0.05, 0) is 6.07 Å². The summed E-state index contributed by atoms with van der Waals surface area (Å²) in [6, 6.07) is 3.89. The van der Waals surface area contributed by atoms with Crippen molar-refractivity contribution in [3.8, 4) is 0 Å². The predicted molar refractivity (Wildman–Crippen MR) is 46.1 cm³/mol. The van der Waals surface area contributed by atoms with E-state index >= 15 is 0 Å². The van der Waals surface area contributed by atoms with E-state index in [1.807, 2.05) is 0 Å². The minimum absolute atomic E-state index is 0. The maximum absolute atomic E-state index is 12.4. The molecule has 0 amide bonds. The molecular weight excluding hydrogens is 239 g/mol. The molecule has 2 aromatic rings. The van der Waals surface area contributed by atoms with E-state index in [2.05, 4.69) is 8.75 Å². The van der Waals surface area contributed by atoms with Crippen LogP contribution in [0.4, 0.5) is 12.9 Å². The second-order valence-electron chi connectivity index (χ2n) is 2.55. The van der Waals surface area contributed by atoms with Crippen molar-refractivity contribution >= 4 is 35.2 Å². The summed E-state index contributed by atoms with van der Waals surface area (Å²) in [5, 5.41) is 0. The number of nitrogens with zero attached hydrogens (tertiary/aromatic N) is 2. The molecule has 1 aromatic carbocycles. The van der Waals surface area contributed by atoms with Crippen LogP contribution in [0.1, 0.15) is 0 Å². The van der Waals surface area contributed by atoms with Gasteiger partial charge in [0.25, 0.3) is 0 Å². The summed E-state index contributed by atoms with van der Waals surface area (Å²) < 4.78 is 44.5. The molecule has 0 spiro atoms. The van der Waals surface area contributed by atoms with Crippen LogP contribution in [0.25, 0.3) is 11.0 Å². The maximum atomic E-state index is 12.4. The van der Waals surface area contributed by atoms with Crippen LogP contribution in [0.3, 0.4) is 0 Å². The van der Waals surface area contributed by atoms with Gasteiger partial charge in [0.1, 0.15) is 5.52 Å². The first-order valence-corrected chi connectivity index (χ1v) is 4.23. The SMILES string of the molecule is F[B-](F)(F)c1cccc2nsnc12.[K+]. The van der Waals surface area contributed by atoms with Crippen LogP contribution >= 0.6 is 11.7 Å². The Balaban J connectivity index is 0.000000980. The average Bonchev–Trinajstić information content (AvgIpc) is 2.48. The van der Waals surface area contributed by atoms with Crippen LogP contribution in [-0.2, 0) is 0 Å². The second-order valence-corrected chi connectivity index (χ2v) is 3.08. The van der Waals surface area contributed by atoms with Gasteiger partial charge in [0, 0.05) is 0 Å². The third-order valence-corrected chi connectivity index (χ3v) is 2.21. The van der Waals surface area contributed by atoms with Gasteiger partial charge in [-0.25, -0.2) is 0 Å². The van der Waals surface area contributed by atoms with Crippen LogP contribution < -0.4 is 56.8 Å². The van der Waals surface area contributed by atoms with Gasteiger partial charge in [-0.3, -0.25) is 0 Å². The molecule has 0 bridgehead atoms. The van der Waals surface area contributed by atoms with Crippen LogP contribution in [0, 0.1) is 0 Å². The molecule has 0 atom stereocenters. The Kier molecular flexibility index (Phi) is 4.13. The van der Waals surface area contributed by atoms with Gasteiger partial charge >= 0.3 is 58.4 Å². The van der Waals surface area contributed by atoms with Crippen molar-refractivity contribution in [1.82, 2.24) is 8.75 Å². The van der Waals surface area contributed by atoms with Crippen molar-refractivity contribution in [2.75, 3.05) is 0 Å². The molecule has 2 rings (SSSR count). The second kappa shape index (κ2) is 4.58. The Morgan fingerprint density at radius 2 is 1.86 bits per heavy atom. The van der Waals surface area contributed by atoms with Crippen molar-refractivity contribution in [2.45, 2.75) is 0 Å². The van der Waals surface area contributed by atoms with E-state index < -0.39 is 12.4 Å². The van der Waals surface area contributed by atoms with E-state index in [0.29, 0.717) is 5.52 Å². The van der Waals surface area contributed by atoms with Crippen LogP contribution in [0.2, 0.25) is 0 Å². The molecule has 0 aliphatic rings. The molecule has 0 radical (unpaired) electrons. The van der Waals surface area contributed by atoms with Gasteiger partial charge in [-0.15, -0.1) is 0 Å². The van der Waals surface area contributed by atoms with Crippen molar-refractivity contribution in [1.29, 1.82) is 0 Å². The Morgan fingerprint density at radius 1 is 1.14 bits per heavy atom. The van der Waals surface area contributed by atoms with Crippen LogP contribution in [0.5, 0.6) is 0 Å². The average molecular weight is 242 g/mol. The first-order valence-electron chi connectivity index (χ1n) is 3.50. The molecule has 0 aliphatic carbocycles. The molecule has 0 aliphatic heterocycles. The number of aromatic nitrogens is 2. The molecular formula is C6H3BF3KN2S. The number of hydrogen-bond acceptors (Lipinski definition) is 3. The molecule has 1 heterocycles. The van der Waals surface area contributed by atoms with Gasteiger partial charge in [0.2, 0.25) is 0 Å². The van der Waals surface area contributed by atoms with E-state index in [9.17, 15) is 12.9 Å². The summed E-state index contributed by atoms with van der Waals surface area (Å²) in [4.78, 5) is 0. The minimum Gasteiger partial charge on any atom is -0.445 e. The van der Waals surface area contributed by atoms with Gasteiger partial charge in [-0.2, -0.15) is 8.75 Å². The summed E-state index contributed by atoms with van der Waals surface area (Å²) >= 11 is 0.793. The zero-order chi connectivity index (χ0) is 9.47. The molecule has 0 unspecified atom stereocenters. The fraction of sp³-hybridized carbons (Fsp3) is 0. The number of hydrogen-bond donors (Lipinski definition) is 0. The Hall–Kier alpha value is 0.531. The monoisotopic (exact) mass is 242 g/mol. The maximum Gasteiger partial charge on any atom is 1.00 e. The predicted octanol–water partition coefficient (Wildman–Crippen LogP) is -1.25. The van der Waals surface area contributed by atoms with Gasteiger partial charge < -0.3 is 12.9 Å². The minimum atomic E-state index is -4.98. The fourth-order valence-electron chi connectivity index (χ4n) is 1.09. The van der Waals surface area contributed by atoms with Crippen LogP contribution in [0.15, 0.2) is 18.2 Å². The van der Waals surface area contributed by atoms with Crippen molar-refractivity contribution in [3.05, 3.63) is 18.2 Å².